The largest absolute Gasteiger partial charge is 0.490 e. The van der Waals surface area contributed by atoms with E-state index in [0.29, 0.717) is 12.8 Å². The van der Waals surface area contributed by atoms with Crippen LogP contribution in [0.4, 0.5) is 0 Å². The van der Waals surface area contributed by atoms with Crippen molar-refractivity contribution in [1.29, 1.82) is 0 Å². The van der Waals surface area contributed by atoms with E-state index in [9.17, 15) is 9.90 Å². The molecule has 1 fully saturated rings. The highest BCUT2D eigenvalue weighted by Crippen LogP contribution is 2.41. The number of carboxylic acid groups (broad SMARTS) is 1. The third-order valence-electron chi connectivity index (χ3n) is 4.02. The minimum atomic E-state index is -0.642. The van der Waals surface area contributed by atoms with Crippen molar-refractivity contribution in [1.82, 2.24) is 4.98 Å². The minimum absolute atomic E-state index is 0.131. The Hall–Kier alpha value is -1.58. The van der Waals surface area contributed by atoms with Crippen LogP contribution in [0.25, 0.3) is 0 Å². The highest BCUT2D eigenvalue weighted by atomic mass is 16.5. The maximum absolute atomic E-state index is 11.5. The lowest BCUT2D eigenvalue weighted by atomic mass is 9.70. The van der Waals surface area contributed by atoms with E-state index in [1.807, 2.05) is 19.1 Å². The van der Waals surface area contributed by atoms with Crippen LogP contribution >= 0.6 is 0 Å². The predicted octanol–water partition coefficient (Wildman–Crippen LogP) is 3.27. The molecular weight excluding hydrogens is 242 g/mol. The Bertz CT molecular complexity index is 411. The van der Waals surface area contributed by atoms with Crippen molar-refractivity contribution in [2.75, 3.05) is 0 Å². The molecule has 0 spiro atoms. The van der Waals surface area contributed by atoms with E-state index in [1.54, 1.807) is 12.4 Å². The van der Waals surface area contributed by atoms with Crippen molar-refractivity contribution in [3.05, 3.63) is 24.5 Å². The monoisotopic (exact) mass is 263 g/mol. The smallest absolute Gasteiger partial charge is 0.309 e. The number of carbonyl (C=O) groups is 1. The summed E-state index contributed by atoms with van der Waals surface area (Å²) in [6.45, 7) is 2.05. The van der Waals surface area contributed by atoms with Crippen LogP contribution in [0.3, 0.4) is 0 Å². The first-order chi connectivity index (χ1) is 9.16. The average Bonchev–Trinajstić information content (AvgIpc) is 2.42. The van der Waals surface area contributed by atoms with Gasteiger partial charge in [0.2, 0.25) is 0 Å². The fourth-order valence-electron chi connectivity index (χ4n) is 2.92. The van der Waals surface area contributed by atoms with Gasteiger partial charge in [-0.2, -0.15) is 0 Å². The Morgan fingerprint density at radius 3 is 2.58 bits per heavy atom. The van der Waals surface area contributed by atoms with Gasteiger partial charge in [-0.1, -0.05) is 13.3 Å². The summed E-state index contributed by atoms with van der Waals surface area (Å²) in [4.78, 5) is 15.4. The molecule has 1 aromatic heterocycles. The number of ether oxygens (including phenoxy) is 1. The minimum Gasteiger partial charge on any atom is -0.490 e. The van der Waals surface area contributed by atoms with E-state index >= 15 is 0 Å². The number of hydrogen-bond donors (Lipinski definition) is 1. The third kappa shape index (κ3) is 3.25. The van der Waals surface area contributed by atoms with Gasteiger partial charge >= 0.3 is 5.97 Å². The van der Waals surface area contributed by atoms with Gasteiger partial charge in [0.15, 0.2) is 0 Å². The molecule has 0 aromatic carbocycles. The molecule has 19 heavy (non-hydrogen) atoms. The predicted molar refractivity (Wildman–Crippen MR) is 72.1 cm³/mol. The molecule has 0 amide bonds. The van der Waals surface area contributed by atoms with Crippen LogP contribution < -0.4 is 4.74 Å². The highest BCUT2D eigenvalue weighted by Gasteiger charge is 2.41. The second-order valence-corrected chi connectivity index (χ2v) is 5.34. The molecule has 1 aliphatic rings. The normalized spacial score (nSPS) is 26.9. The van der Waals surface area contributed by atoms with Gasteiger partial charge in [0.1, 0.15) is 5.75 Å². The summed E-state index contributed by atoms with van der Waals surface area (Å²) < 4.78 is 5.87. The summed E-state index contributed by atoms with van der Waals surface area (Å²) in [5, 5.41) is 9.45. The van der Waals surface area contributed by atoms with E-state index < -0.39 is 11.4 Å². The Morgan fingerprint density at radius 1 is 1.42 bits per heavy atom. The lowest BCUT2D eigenvalue weighted by molar-refractivity contribution is -0.152. The molecule has 0 radical (unpaired) electrons. The average molecular weight is 263 g/mol. The molecular formula is C15H21NO3. The van der Waals surface area contributed by atoms with E-state index in [1.165, 1.54) is 0 Å². The van der Waals surface area contributed by atoms with Crippen molar-refractivity contribution in [2.45, 2.75) is 51.6 Å². The lowest BCUT2D eigenvalue weighted by Crippen LogP contribution is -2.38. The lowest BCUT2D eigenvalue weighted by Gasteiger charge is -2.36. The summed E-state index contributed by atoms with van der Waals surface area (Å²) in [5.41, 5.74) is -0.521. The molecule has 4 nitrogen and oxygen atoms in total. The SMILES string of the molecule is CCCC1(C(=O)O)CCC(Oc2ccncc2)CC1. The molecule has 1 heterocycles. The summed E-state index contributed by atoms with van der Waals surface area (Å²) in [5.74, 6) is 0.176. The maximum Gasteiger partial charge on any atom is 0.309 e. The van der Waals surface area contributed by atoms with Gasteiger partial charge in [0, 0.05) is 12.4 Å². The fourth-order valence-corrected chi connectivity index (χ4v) is 2.92. The Balaban J connectivity index is 1.93. The molecule has 0 saturated heterocycles. The first-order valence-electron chi connectivity index (χ1n) is 6.96. The van der Waals surface area contributed by atoms with Crippen molar-refractivity contribution in [3.8, 4) is 5.75 Å². The Morgan fingerprint density at radius 2 is 2.05 bits per heavy atom. The second kappa shape index (κ2) is 6.04. The zero-order valence-electron chi connectivity index (χ0n) is 11.3. The standard InChI is InChI=1S/C15H21NO3/c1-2-7-15(14(17)18)8-3-12(4-9-15)19-13-5-10-16-11-6-13/h5-6,10-12H,2-4,7-9H2,1H3,(H,17,18). The highest BCUT2D eigenvalue weighted by molar-refractivity contribution is 5.74. The Labute approximate surface area is 113 Å². The van der Waals surface area contributed by atoms with Gasteiger partial charge in [-0.15, -0.1) is 0 Å². The summed E-state index contributed by atoms with van der Waals surface area (Å²) in [6, 6.07) is 3.68. The zero-order chi connectivity index (χ0) is 13.7. The Kier molecular flexibility index (Phi) is 4.40. The van der Waals surface area contributed by atoms with Crippen LogP contribution in [0.2, 0.25) is 0 Å². The number of pyridine rings is 1. The number of nitrogens with zero attached hydrogens (tertiary/aromatic N) is 1. The van der Waals surface area contributed by atoms with Crippen LogP contribution in [0, 0.1) is 5.41 Å². The van der Waals surface area contributed by atoms with E-state index in [-0.39, 0.29) is 6.10 Å². The first kappa shape index (κ1) is 13.8. The van der Waals surface area contributed by atoms with Crippen LogP contribution in [-0.4, -0.2) is 22.2 Å². The number of aromatic nitrogens is 1. The van der Waals surface area contributed by atoms with Crippen molar-refractivity contribution < 1.29 is 14.6 Å². The molecule has 1 N–H and O–H groups in total. The van der Waals surface area contributed by atoms with Gasteiger partial charge in [0.25, 0.3) is 0 Å². The van der Waals surface area contributed by atoms with Gasteiger partial charge in [-0.25, -0.2) is 0 Å². The molecule has 104 valence electrons. The topological polar surface area (TPSA) is 59.4 Å². The molecule has 1 saturated carbocycles. The van der Waals surface area contributed by atoms with Crippen LogP contribution in [0.5, 0.6) is 5.75 Å². The third-order valence-corrected chi connectivity index (χ3v) is 4.02. The second-order valence-electron chi connectivity index (χ2n) is 5.34. The molecule has 1 aromatic rings. The van der Waals surface area contributed by atoms with Crippen LogP contribution in [0.1, 0.15) is 45.4 Å². The maximum atomic E-state index is 11.5. The van der Waals surface area contributed by atoms with E-state index in [0.717, 1.165) is 31.4 Å². The van der Waals surface area contributed by atoms with Crippen molar-refractivity contribution >= 4 is 5.97 Å². The zero-order valence-corrected chi connectivity index (χ0v) is 11.3. The first-order valence-corrected chi connectivity index (χ1v) is 6.96. The van der Waals surface area contributed by atoms with Crippen molar-refractivity contribution in [3.63, 3.8) is 0 Å². The van der Waals surface area contributed by atoms with Gasteiger partial charge in [-0.3, -0.25) is 9.78 Å². The molecule has 0 unspecified atom stereocenters. The molecule has 1 aliphatic carbocycles. The number of aliphatic carboxylic acids is 1. The molecule has 0 aliphatic heterocycles. The molecule has 2 rings (SSSR count). The number of hydrogen-bond acceptors (Lipinski definition) is 3. The summed E-state index contributed by atoms with van der Waals surface area (Å²) in [7, 11) is 0. The van der Waals surface area contributed by atoms with E-state index in [2.05, 4.69) is 4.98 Å². The number of rotatable bonds is 5. The fraction of sp³-hybridized carbons (Fsp3) is 0.600. The summed E-state index contributed by atoms with van der Waals surface area (Å²) >= 11 is 0. The number of carboxylic acids is 1. The molecule has 0 atom stereocenters. The van der Waals surface area contributed by atoms with Gasteiger partial charge in [-0.05, 0) is 44.2 Å². The quantitative estimate of drug-likeness (QED) is 0.885. The van der Waals surface area contributed by atoms with E-state index in [4.69, 9.17) is 4.74 Å². The summed E-state index contributed by atoms with van der Waals surface area (Å²) in [6.07, 6.45) is 8.29. The van der Waals surface area contributed by atoms with Crippen LogP contribution in [-0.2, 0) is 4.79 Å². The van der Waals surface area contributed by atoms with Gasteiger partial charge in [0.05, 0.1) is 11.5 Å². The van der Waals surface area contributed by atoms with Crippen molar-refractivity contribution in [2.24, 2.45) is 5.41 Å². The molecule has 4 heteroatoms. The molecule has 0 bridgehead atoms. The van der Waals surface area contributed by atoms with Crippen LogP contribution in [0.15, 0.2) is 24.5 Å². The van der Waals surface area contributed by atoms with Gasteiger partial charge < -0.3 is 9.84 Å².